The van der Waals surface area contributed by atoms with Crippen molar-refractivity contribution in [2.75, 3.05) is 20.3 Å². The lowest BCUT2D eigenvalue weighted by atomic mass is 9.98. The predicted molar refractivity (Wildman–Crippen MR) is 92.8 cm³/mol. The minimum Gasteiger partial charge on any atom is -0.490 e. The Morgan fingerprint density at radius 3 is 2.96 bits per heavy atom. The molecule has 0 radical (unpaired) electrons. The van der Waals surface area contributed by atoms with Gasteiger partial charge >= 0.3 is 5.97 Å². The highest BCUT2D eigenvalue weighted by Gasteiger charge is 2.40. The highest BCUT2D eigenvalue weighted by Crippen LogP contribution is 2.39. The molecule has 1 aromatic carbocycles. The third-order valence-electron chi connectivity index (χ3n) is 3.86. The molecule has 4 atom stereocenters. The van der Waals surface area contributed by atoms with Crippen LogP contribution in [-0.4, -0.2) is 54.0 Å². The van der Waals surface area contributed by atoms with Crippen molar-refractivity contribution in [3.05, 3.63) is 23.2 Å². The van der Waals surface area contributed by atoms with Gasteiger partial charge < -0.3 is 25.0 Å². The van der Waals surface area contributed by atoms with E-state index in [4.69, 9.17) is 26.2 Å². The van der Waals surface area contributed by atoms with Gasteiger partial charge in [0, 0.05) is 4.90 Å². The molecule has 134 valence electrons. The number of thioether (sulfide) groups is 1. The summed E-state index contributed by atoms with van der Waals surface area (Å²) in [4.78, 5) is 12.2. The van der Waals surface area contributed by atoms with Crippen LogP contribution in [0.2, 0.25) is 5.02 Å². The number of aliphatic hydroxyl groups is 1. The topological polar surface area (TPSA) is 88.0 Å². The van der Waals surface area contributed by atoms with E-state index in [9.17, 15) is 9.90 Å². The van der Waals surface area contributed by atoms with Crippen LogP contribution in [0.15, 0.2) is 23.1 Å². The summed E-state index contributed by atoms with van der Waals surface area (Å²) < 4.78 is 11.3. The smallest absolute Gasteiger partial charge is 0.323 e. The Balaban J connectivity index is 2.03. The van der Waals surface area contributed by atoms with Gasteiger partial charge in [0.2, 0.25) is 0 Å². The summed E-state index contributed by atoms with van der Waals surface area (Å²) >= 11 is 7.58. The summed E-state index contributed by atoms with van der Waals surface area (Å²) in [6.45, 7) is 2.09. The number of carbonyl (C=O) groups is 1. The third kappa shape index (κ3) is 4.77. The lowest BCUT2D eigenvalue weighted by Crippen LogP contribution is -2.46. The maximum atomic E-state index is 11.3. The maximum Gasteiger partial charge on any atom is 0.323 e. The SMILES string of the molecule is CNC(C(=O)O)[C@@H]1OC(Sc2ccc(Cl)c(OCCO)c2)C[C@H]1C. The van der Waals surface area contributed by atoms with E-state index in [0.717, 1.165) is 11.3 Å². The molecule has 0 saturated carbocycles. The second-order valence-corrected chi connectivity index (χ2v) is 7.27. The Labute approximate surface area is 150 Å². The molecule has 0 bridgehead atoms. The van der Waals surface area contributed by atoms with E-state index in [1.54, 1.807) is 19.2 Å². The average molecular weight is 376 g/mol. The van der Waals surface area contributed by atoms with E-state index in [1.165, 1.54) is 11.8 Å². The minimum absolute atomic E-state index is 0.0841. The molecule has 1 aliphatic heterocycles. The standard InChI is InChI=1S/C16H22ClNO5S/c1-9-7-13(23-15(9)14(18-2)16(20)21)24-10-3-4-11(17)12(8-10)22-6-5-19/h3-4,8-9,13-15,18-19H,5-7H2,1-2H3,(H,20,21)/t9-,13?,14?,15-/m1/s1. The van der Waals surface area contributed by atoms with Crippen molar-refractivity contribution in [2.24, 2.45) is 5.92 Å². The molecule has 1 fully saturated rings. The van der Waals surface area contributed by atoms with Gasteiger partial charge in [0.1, 0.15) is 23.8 Å². The largest absolute Gasteiger partial charge is 0.490 e. The molecular formula is C16H22ClNO5S. The molecule has 0 aromatic heterocycles. The zero-order valence-corrected chi connectivity index (χ0v) is 15.1. The molecule has 6 nitrogen and oxygen atoms in total. The number of hydrogen-bond acceptors (Lipinski definition) is 6. The van der Waals surface area contributed by atoms with Crippen LogP contribution in [0.25, 0.3) is 0 Å². The summed E-state index contributed by atoms with van der Waals surface area (Å²) in [6, 6.07) is 4.68. The lowest BCUT2D eigenvalue weighted by Gasteiger charge is -2.22. The molecule has 0 amide bonds. The Hall–Kier alpha value is -0.990. The van der Waals surface area contributed by atoms with Gasteiger partial charge in [-0.1, -0.05) is 30.3 Å². The van der Waals surface area contributed by atoms with Crippen LogP contribution in [0.3, 0.4) is 0 Å². The van der Waals surface area contributed by atoms with Crippen LogP contribution >= 0.6 is 23.4 Å². The minimum atomic E-state index is -0.911. The first-order valence-electron chi connectivity index (χ1n) is 7.71. The van der Waals surface area contributed by atoms with Crippen LogP contribution in [0, 0.1) is 5.92 Å². The molecule has 1 aromatic rings. The lowest BCUT2D eigenvalue weighted by molar-refractivity contribution is -0.143. The zero-order chi connectivity index (χ0) is 17.7. The van der Waals surface area contributed by atoms with E-state index in [2.05, 4.69) is 5.32 Å². The van der Waals surface area contributed by atoms with Gasteiger partial charge in [-0.15, -0.1) is 0 Å². The number of rotatable bonds is 8. The number of likely N-dealkylation sites (N-methyl/N-ethyl adjacent to an activating group) is 1. The predicted octanol–water partition coefficient (Wildman–Crippen LogP) is 2.23. The summed E-state index contributed by atoms with van der Waals surface area (Å²) in [7, 11) is 1.62. The molecule has 2 rings (SSSR count). The third-order valence-corrected chi connectivity index (χ3v) is 5.26. The summed E-state index contributed by atoms with van der Waals surface area (Å²) in [5.74, 6) is -0.267. The number of hydrogen-bond donors (Lipinski definition) is 3. The number of nitrogens with one attached hydrogen (secondary N) is 1. The van der Waals surface area contributed by atoms with Gasteiger partial charge in [-0.3, -0.25) is 4.79 Å². The first kappa shape index (κ1) is 19.3. The van der Waals surface area contributed by atoms with E-state index in [0.29, 0.717) is 10.8 Å². The van der Waals surface area contributed by atoms with Crippen molar-refractivity contribution >= 4 is 29.3 Å². The van der Waals surface area contributed by atoms with Gasteiger partial charge in [-0.2, -0.15) is 0 Å². The van der Waals surface area contributed by atoms with Crippen LogP contribution < -0.4 is 10.1 Å². The molecule has 0 spiro atoms. The fourth-order valence-corrected chi connectivity index (χ4v) is 4.07. The number of carboxylic acids is 1. The molecule has 3 N–H and O–H groups in total. The highest BCUT2D eigenvalue weighted by molar-refractivity contribution is 7.99. The molecule has 0 aliphatic carbocycles. The number of aliphatic hydroxyl groups excluding tert-OH is 1. The molecule has 8 heteroatoms. The molecule has 1 saturated heterocycles. The van der Waals surface area contributed by atoms with Crippen molar-refractivity contribution in [1.29, 1.82) is 0 Å². The van der Waals surface area contributed by atoms with Crippen molar-refractivity contribution in [3.8, 4) is 5.75 Å². The van der Waals surface area contributed by atoms with Crippen molar-refractivity contribution in [2.45, 2.75) is 35.8 Å². The molecule has 1 heterocycles. The maximum absolute atomic E-state index is 11.3. The van der Waals surface area contributed by atoms with Crippen molar-refractivity contribution < 1.29 is 24.5 Å². The highest BCUT2D eigenvalue weighted by atomic mass is 35.5. The van der Waals surface area contributed by atoms with Crippen LogP contribution in [0.4, 0.5) is 0 Å². The summed E-state index contributed by atoms with van der Waals surface area (Å²) in [6.07, 6.45) is 0.387. The second-order valence-electron chi connectivity index (χ2n) is 5.63. The number of benzene rings is 1. The van der Waals surface area contributed by atoms with Crippen LogP contribution in [0.1, 0.15) is 13.3 Å². The zero-order valence-electron chi connectivity index (χ0n) is 13.6. The van der Waals surface area contributed by atoms with Gasteiger partial charge in [0.05, 0.1) is 17.7 Å². The van der Waals surface area contributed by atoms with Crippen LogP contribution in [-0.2, 0) is 9.53 Å². The first-order chi connectivity index (χ1) is 11.5. The van der Waals surface area contributed by atoms with Gasteiger partial charge in [-0.25, -0.2) is 0 Å². The number of aliphatic carboxylic acids is 1. The van der Waals surface area contributed by atoms with Crippen molar-refractivity contribution in [1.82, 2.24) is 5.32 Å². The summed E-state index contributed by atoms with van der Waals surface area (Å²) in [5, 5.41) is 21.4. The Morgan fingerprint density at radius 2 is 2.33 bits per heavy atom. The number of ether oxygens (including phenoxy) is 2. The molecule has 2 unspecified atom stereocenters. The summed E-state index contributed by atoms with van der Waals surface area (Å²) in [5.41, 5.74) is -0.132. The van der Waals surface area contributed by atoms with Gasteiger partial charge in [-0.05, 0) is 37.6 Å². The number of carboxylic acid groups (broad SMARTS) is 1. The van der Waals surface area contributed by atoms with E-state index >= 15 is 0 Å². The molecule has 24 heavy (non-hydrogen) atoms. The number of halogens is 1. The quantitative estimate of drug-likeness (QED) is 0.642. The Bertz CT molecular complexity index is 573. The van der Waals surface area contributed by atoms with Gasteiger partial charge in [0.15, 0.2) is 0 Å². The molecule has 1 aliphatic rings. The Kier molecular flexibility index (Phi) is 7.18. The monoisotopic (exact) mass is 375 g/mol. The normalized spacial score (nSPS) is 24.8. The second kappa shape index (κ2) is 8.92. The van der Waals surface area contributed by atoms with E-state index in [1.807, 2.05) is 13.0 Å². The van der Waals surface area contributed by atoms with Crippen molar-refractivity contribution in [3.63, 3.8) is 0 Å². The molecular weight excluding hydrogens is 354 g/mol. The Morgan fingerprint density at radius 1 is 1.58 bits per heavy atom. The van der Waals surface area contributed by atoms with Gasteiger partial charge in [0.25, 0.3) is 0 Å². The fraction of sp³-hybridized carbons (Fsp3) is 0.562. The average Bonchev–Trinajstić information content (AvgIpc) is 2.88. The first-order valence-corrected chi connectivity index (χ1v) is 8.97. The fourth-order valence-electron chi connectivity index (χ4n) is 2.69. The van der Waals surface area contributed by atoms with Crippen LogP contribution in [0.5, 0.6) is 5.75 Å². The van der Waals surface area contributed by atoms with E-state index < -0.39 is 12.0 Å². The van der Waals surface area contributed by atoms with E-state index in [-0.39, 0.29) is 30.7 Å².